The van der Waals surface area contributed by atoms with Crippen molar-refractivity contribution in [2.75, 3.05) is 6.61 Å². The molecule has 0 aliphatic carbocycles. The van der Waals surface area contributed by atoms with Crippen molar-refractivity contribution in [1.29, 1.82) is 0 Å². The number of aromatic nitrogens is 2. The van der Waals surface area contributed by atoms with E-state index in [0.29, 0.717) is 11.2 Å². The second-order valence-electron chi connectivity index (χ2n) is 3.86. The van der Waals surface area contributed by atoms with Crippen LogP contribution in [-0.2, 0) is 6.18 Å². The molecular weight excluding hydrogens is 328 g/mol. The molecule has 0 spiro atoms. The Kier molecular flexibility index (Phi) is 4.35. The summed E-state index contributed by atoms with van der Waals surface area (Å²) < 4.78 is 44.7. The number of ether oxygens (including phenoxy) is 1. The summed E-state index contributed by atoms with van der Waals surface area (Å²) in [5.74, 6) is 1.58. The van der Waals surface area contributed by atoms with Gasteiger partial charge in [0.15, 0.2) is 6.61 Å². The van der Waals surface area contributed by atoms with Crippen LogP contribution in [0.5, 0.6) is 5.88 Å². The van der Waals surface area contributed by atoms with Crippen molar-refractivity contribution in [3.63, 3.8) is 0 Å². The van der Waals surface area contributed by atoms with E-state index in [4.69, 9.17) is 34.4 Å². The molecule has 21 heavy (non-hydrogen) atoms. The Bertz CT molecular complexity index is 704. The Hall–Kier alpha value is -1.84. The summed E-state index contributed by atoms with van der Waals surface area (Å²) >= 11 is 11.7. The highest BCUT2D eigenvalue weighted by Crippen LogP contribution is 2.38. The van der Waals surface area contributed by atoms with E-state index in [1.807, 2.05) is 0 Å². The van der Waals surface area contributed by atoms with Gasteiger partial charge in [0, 0.05) is 5.02 Å². The van der Waals surface area contributed by atoms with E-state index in [1.165, 1.54) is 18.2 Å². The summed E-state index contributed by atoms with van der Waals surface area (Å²) in [6.45, 7) is -0.333. The van der Waals surface area contributed by atoms with Gasteiger partial charge >= 0.3 is 6.18 Å². The molecule has 110 valence electrons. The molecule has 1 heterocycles. The summed E-state index contributed by atoms with van der Waals surface area (Å²) in [6.07, 6.45) is 1.04. The van der Waals surface area contributed by atoms with Gasteiger partial charge in [-0.15, -0.1) is 6.42 Å². The number of rotatable bonds is 3. The minimum Gasteiger partial charge on any atom is -0.464 e. The minimum absolute atomic E-state index is 0.130. The van der Waals surface area contributed by atoms with Crippen LogP contribution in [0.4, 0.5) is 13.2 Å². The molecule has 0 atom stereocenters. The molecule has 0 fully saturated rings. The van der Waals surface area contributed by atoms with Gasteiger partial charge in [-0.25, -0.2) is 0 Å². The van der Waals surface area contributed by atoms with Gasteiger partial charge in [-0.1, -0.05) is 29.1 Å². The fourth-order valence-electron chi connectivity index (χ4n) is 1.61. The van der Waals surface area contributed by atoms with Crippen molar-refractivity contribution in [3.05, 3.63) is 40.0 Å². The van der Waals surface area contributed by atoms with Gasteiger partial charge in [0.1, 0.15) is 5.56 Å². The van der Waals surface area contributed by atoms with E-state index < -0.39 is 17.6 Å². The number of benzene rings is 1. The number of nitrogens with zero attached hydrogens (tertiary/aromatic N) is 2. The van der Waals surface area contributed by atoms with Crippen molar-refractivity contribution >= 4 is 23.2 Å². The summed E-state index contributed by atoms with van der Waals surface area (Å²) in [7, 11) is 0. The Balaban J connectivity index is 2.58. The molecular formula is C13H7Cl2F3N2O. The van der Waals surface area contributed by atoms with Gasteiger partial charge in [-0.3, -0.25) is 0 Å². The number of halogens is 5. The molecule has 0 unspecified atom stereocenters. The maximum absolute atomic E-state index is 12.9. The van der Waals surface area contributed by atoms with E-state index >= 15 is 0 Å². The predicted octanol–water partition coefficient (Wildman–Crippen LogP) is 4.21. The maximum atomic E-state index is 12.9. The monoisotopic (exact) mass is 334 g/mol. The third kappa shape index (κ3) is 3.26. The van der Waals surface area contributed by atoms with Crippen LogP contribution >= 0.6 is 23.2 Å². The van der Waals surface area contributed by atoms with Crippen molar-refractivity contribution < 1.29 is 17.9 Å². The lowest BCUT2D eigenvalue weighted by molar-refractivity contribution is -0.138. The lowest BCUT2D eigenvalue weighted by Crippen LogP contribution is -2.10. The highest BCUT2D eigenvalue weighted by molar-refractivity contribution is 6.35. The average molecular weight is 335 g/mol. The van der Waals surface area contributed by atoms with Crippen LogP contribution in [0.2, 0.25) is 10.0 Å². The molecule has 1 aromatic heterocycles. The first-order chi connectivity index (χ1) is 9.84. The SMILES string of the molecule is C#CCOc1c(C(F)(F)F)cnn1-c1ccc(Cl)cc1Cl. The zero-order chi connectivity index (χ0) is 15.6. The Morgan fingerprint density at radius 2 is 2.05 bits per heavy atom. The standard InChI is InChI=1S/C13H7Cl2F3N2O/c1-2-5-21-12-9(13(16,17)18)7-19-20(12)11-4-3-8(14)6-10(11)15/h1,3-4,6-7H,5H2. The zero-order valence-electron chi connectivity index (χ0n) is 10.3. The summed E-state index contributed by atoms with van der Waals surface area (Å²) in [5, 5.41) is 4.15. The second-order valence-corrected chi connectivity index (χ2v) is 4.71. The Morgan fingerprint density at radius 1 is 1.33 bits per heavy atom. The molecule has 0 aliphatic rings. The van der Waals surface area contributed by atoms with E-state index in [9.17, 15) is 13.2 Å². The zero-order valence-corrected chi connectivity index (χ0v) is 11.8. The van der Waals surface area contributed by atoms with Gasteiger partial charge in [-0.05, 0) is 18.2 Å². The summed E-state index contributed by atoms with van der Waals surface area (Å²) in [4.78, 5) is 0. The Labute approximate surface area is 128 Å². The van der Waals surface area contributed by atoms with Crippen LogP contribution in [0.3, 0.4) is 0 Å². The molecule has 0 saturated carbocycles. The topological polar surface area (TPSA) is 27.1 Å². The molecule has 1 aromatic carbocycles. The predicted molar refractivity (Wildman–Crippen MR) is 72.9 cm³/mol. The van der Waals surface area contributed by atoms with Gasteiger partial charge in [-0.2, -0.15) is 23.0 Å². The smallest absolute Gasteiger partial charge is 0.423 e. The van der Waals surface area contributed by atoms with Crippen LogP contribution in [0, 0.1) is 12.3 Å². The largest absolute Gasteiger partial charge is 0.464 e. The normalized spacial score (nSPS) is 11.2. The van der Waals surface area contributed by atoms with Gasteiger partial charge in [0.25, 0.3) is 0 Å². The van der Waals surface area contributed by atoms with Crippen molar-refractivity contribution in [1.82, 2.24) is 9.78 Å². The van der Waals surface area contributed by atoms with E-state index in [0.717, 1.165) is 4.68 Å². The molecule has 8 heteroatoms. The third-order valence-electron chi connectivity index (χ3n) is 2.46. The molecule has 3 nitrogen and oxygen atoms in total. The second kappa shape index (κ2) is 5.88. The fraction of sp³-hybridized carbons (Fsp3) is 0.154. The first kappa shape index (κ1) is 15.5. The minimum atomic E-state index is -4.62. The number of hydrogen-bond acceptors (Lipinski definition) is 2. The highest BCUT2D eigenvalue weighted by atomic mass is 35.5. The fourth-order valence-corrected chi connectivity index (χ4v) is 2.09. The van der Waals surface area contributed by atoms with E-state index in [2.05, 4.69) is 11.0 Å². The van der Waals surface area contributed by atoms with Crippen LogP contribution in [0.1, 0.15) is 5.56 Å². The van der Waals surface area contributed by atoms with Gasteiger partial charge in [0.2, 0.25) is 5.88 Å². The molecule has 0 amide bonds. The summed E-state index contributed by atoms with van der Waals surface area (Å²) in [5.41, 5.74) is -0.840. The van der Waals surface area contributed by atoms with Crippen molar-refractivity contribution in [2.45, 2.75) is 6.18 Å². The molecule has 0 saturated heterocycles. The van der Waals surface area contributed by atoms with Gasteiger partial charge in [0.05, 0.1) is 16.9 Å². The van der Waals surface area contributed by atoms with E-state index in [-0.39, 0.29) is 17.3 Å². The average Bonchev–Trinajstić information content (AvgIpc) is 2.79. The number of alkyl halides is 3. The highest BCUT2D eigenvalue weighted by Gasteiger charge is 2.38. The first-order valence-corrected chi connectivity index (χ1v) is 6.27. The summed E-state index contributed by atoms with van der Waals surface area (Å²) in [6, 6.07) is 4.29. The number of terminal acetylenes is 1. The molecule has 0 radical (unpaired) electrons. The molecule has 0 aliphatic heterocycles. The molecule has 2 rings (SSSR count). The molecule has 0 bridgehead atoms. The van der Waals surface area contributed by atoms with Crippen LogP contribution in [-0.4, -0.2) is 16.4 Å². The molecule has 2 aromatic rings. The lowest BCUT2D eigenvalue weighted by Gasteiger charge is -2.12. The molecule has 0 N–H and O–H groups in total. The first-order valence-electron chi connectivity index (χ1n) is 5.51. The quantitative estimate of drug-likeness (QED) is 0.786. The van der Waals surface area contributed by atoms with Gasteiger partial charge < -0.3 is 4.74 Å². The Morgan fingerprint density at radius 3 is 2.62 bits per heavy atom. The maximum Gasteiger partial charge on any atom is 0.423 e. The van der Waals surface area contributed by atoms with Crippen LogP contribution in [0.25, 0.3) is 5.69 Å². The van der Waals surface area contributed by atoms with Crippen LogP contribution in [0.15, 0.2) is 24.4 Å². The van der Waals surface area contributed by atoms with Crippen molar-refractivity contribution in [3.8, 4) is 23.9 Å². The third-order valence-corrected chi connectivity index (χ3v) is 3.00. The van der Waals surface area contributed by atoms with E-state index in [1.54, 1.807) is 0 Å². The number of hydrogen-bond donors (Lipinski definition) is 0. The van der Waals surface area contributed by atoms with Crippen LogP contribution < -0.4 is 4.74 Å². The lowest BCUT2D eigenvalue weighted by atomic mass is 10.3. The van der Waals surface area contributed by atoms with Crippen molar-refractivity contribution in [2.24, 2.45) is 0 Å².